The van der Waals surface area contributed by atoms with E-state index < -0.39 is 21.2 Å². The fraction of sp³-hybridized carbons (Fsp3) is 0.300. The molecule has 0 saturated carbocycles. The molecule has 1 unspecified atom stereocenters. The molecule has 5 nitrogen and oxygen atoms in total. The first-order chi connectivity index (χ1) is 12.6. The van der Waals surface area contributed by atoms with Crippen LogP contribution in [0, 0.1) is 0 Å². The van der Waals surface area contributed by atoms with Gasteiger partial charge in [-0.3, -0.25) is 9.79 Å². The second-order valence-electron chi connectivity index (χ2n) is 6.25. The molecular formula is C20H22N2O3S. The molecule has 0 spiro atoms. The molecule has 1 heterocycles. The standard InChI is InChI=1S/C20H22N2O3S/c1-2-3-14-22-20(23)18(21-15-16-10-6-4-7-11-16)19(26(22,24)25)17-12-8-5-9-13-17/h4-13,19H,2-3,14-15H2,1H3. The van der Waals surface area contributed by atoms with E-state index in [1.54, 1.807) is 24.3 Å². The number of sulfonamides is 1. The molecule has 0 bridgehead atoms. The van der Waals surface area contributed by atoms with Crippen LogP contribution in [-0.4, -0.2) is 30.9 Å². The van der Waals surface area contributed by atoms with Gasteiger partial charge in [0, 0.05) is 6.54 Å². The van der Waals surface area contributed by atoms with Crippen LogP contribution in [0.3, 0.4) is 0 Å². The predicted molar refractivity (Wildman–Crippen MR) is 102 cm³/mol. The zero-order valence-electron chi connectivity index (χ0n) is 14.7. The number of aliphatic imine (C=N–C) groups is 1. The largest absolute Gasteiger partial charge is 0.283 e. The van der Waals surface area contributed by atoms with Crippen LogP contribution in [0.25, 0.3) is 0 Å². The number of nitrogens with zero attached hydrogens (tertiary/aromatic N) is 2. The van der Waals surface area contributed by atoms with E-state index in [0.717, 1.165) is 16.3 Å². The van der Waals surface area contributed by atoms with Crippen LogP contribution >= 0.6 is 0 Å². The summed E-state index contributed by atoms with van der Waals surface area (Å²) in [6, 6.07) is 18.3. The topological polar surface area (TPSA) is 66.8 Å². The average Bonchev–Trinajstić information content (AvgIpc) is 2.85. The predicted octanol–water partition coefficient (Wildman–Crippen LogP) is 3.34. The minimum atomic E-state index is -3.80. The maximum Gasteiger partial charge on any atom is 0.283 e. The molecule has 0 N–H and O–H groups in total. The van der Waals surface area contributed by atoms with Gasteiger partial charge < -0.3 is 0 Å². The summed E-state index contributed by atoms with van der Waals surface area (Å²) >= 11 is 0. The highest BCUT2D eigenvalue weighted by Crippen LogP contribution is 2.35. The summed E-state index contributed by atoms with van der Waals surface area (Å²) in [5, 5.41) is -1.03. The first-order valence-corrected chi connectivity index (χ1v) is 10.2. The van der Waals surface area contributed by atoms with Gasteiger partial charge in [-0.15, -0.1) is 0 Å². The zero-order chi connectivity index (χ0) is 18.6. The lowest BCUT2D eigenvalue weighted by Crippen LogP contribution is -2.32. The van der Waals surface area contributed by atoms with Crippen molar-refractivity contribution in [2.45, 2.75) is 31.6 Å². The minimum Gasteiger partial charge on any atom is -0.277 e. The number of benzene rings is 2. The van der Waals surface area contributed by atoms with Crippen molar-refractivity contribution in [3.05, 3.63) is 71.8 Å². The maximum atomic E-state index is 13.1. The van der Waals surface area contributed by atoms with E-state index in [9.17, 15) is 13.2 Å². The van der Waals surface area contributed by atoms with Crippen molar-refractivity contribution in [1.82, 2.24) is 4.31 Å². The Morgan fingerprint density at radius 3 is 2.23 bits per heavy atom. The molecule has 26 heavy (non-hydrogen) atoms. The van der Waals surface area contributed by atoms with Gasteiger partial charge in [-0.1, -0.05) is 74.0 Å². The number of carbonyl (C=O) groups is 1. The van der Waals surface area contributed by atoms with Gasteiger partial charge in [0.05, 0.1) is 6.54 Å². The summed E-state index contributed by atoms with van der Waals surface area (Å²) < 4.78 is 27.1. The van der Waals surface area contributed by atoms with E-state index in [4.69, 9.17) is 0 Å². The molecule has 2 aromatic carbocycles. The Balaban J connectivity index is 2.02. The number of hydrogen-bond acceptors (Lipinski definition) is 4. The molecule has 1 atom stereocenters. The Morgan fingerprint density at radius 1 is 1.00 bits per heavy atom. The molecule has 1 saturated heterocycles. The molecule has 1 amide bonds. The Kier molecular flexibility index (Phi) is 5.52. The molecule has 0 aliphatic carbocycles. The summed E-state index contributed by atoms with van der Waals surface area (Å²) in [4.78, 5) is 17.3. The van der Waals surface area contributed by atoms with Gasteiger partial charge in [0.2, 0.25) is 0 Å². The van der Waals surface area contributed by atoms with Crippen LogP contribution in [0.4, 0.5) is 0 Å². The fourth-order valence-corrected chi connectivity index (χ4v) is 4.94. The third-order valence-corrected chi connectivity index (χ3v) is 6.44. The highest BCUT2D eigenvalue weighted by molar-refractivity contribution is 7.91. The van der Waals surface area contributed by atoms with Gasteiger partial charge in [0.25, 0.3) is 15.9 Å². The van der Waals surface area contributed by atoms with Crippen LogP contribution in [0.1, 0.15) is 36.1 Å². The lowest BCUT2D eigenvalue weighted by atomic mass is 10.1. The molecule has 136 valence electrons. The van der Waals surface area contributed by atoms with Gasteiger partial charge in [0.15, 0.2) is 5.25 Å². The maximum absolute atomic E-state index is 13.1. The molecule has 3 rings (SSSR count). The monoisotopic (exact) mass is 370 g/mol. The van der Waals surface area contributed by atoms with E-state index in [1.807, 2.05) is 43.3 Å². The number of amides is 1. The van der Waals surface area contributed by atoms with Crippen LogP contribution < -0.4 is 0 Å². The molecule has 6 heteroatoms. The normalized spacial score (nSPS) is 20.7. The SMILES string of the molecule is CCCCN1C(=O)C(=NCc2ccccc2)C(c2ccccc2)S1(=O)=O. The van der Waals surface area contributed by atoms with Gasteiger partial charge >= 0.3 is 0 Å². The Hall–Kier alpha value is -2.47. The Labute approximate surface area is 154 Å². The van der Waals surface area contributed by atoms with Crippen molar-refractivity contribution >= 4 is 21.6 Å². The van der Waals surface area contributed by atoms with E-state index in [2.05, 4.69) is 4.99 Å². The van der Waals surface area contributed by atoms with E-state index >= 15 is 0 Å². The fourth-order valence-electron chi connectivity index (χ4n) is 3.02. The first kappa shape index (κ1) is 18.3. The Morgan fingerprint density at radius 2 is 1.62 bits per heavy atom. The summed E-state index contributed by atoms with van der Waals surface area (Å²) in [7, 11) is -3.80. The van der Waals surface area contributed by atoms with Crippen molar-refractivity contribution in [3.63, 3.8) is 0 Å². The number of carbonyl (C=O) groups excluding carboxylic acids is 1. The van der Waals surface area contributed by atoms with Crippen molar-refractivity contribution in [2.75, 3.05) is 6.54 Å². The van der Waals surface area contributed by atoms with Crippen molar-refractivity contribution in [2.24, 2.45) is 4.99 Å². The quantitative estimate of drug-likeness (QED) is 0.783. The number of rotatable bonds is 6. The first-order valence-electron chi connectivity index (χ1n) is 8.74. The second kappa shape index (κ2) is 7.83. The summed E-state index contributed by atoms with van der Waals surface area (Å²) in [5.41, 5.74) is 1.62. The molecule has 2 aromatic rings. The molecular weight excluding hydrogens is 348 g/mol. The summed E-state index contributed by atoms with van der Waals surface area (Å²) in [6.45, 7) is 2.44. The lowest BCUT2D eigenvalue weighted by molar-refractivity contribution is -0.119. The highest BCUT2D eigenvalue weighted by atomic mass is 32.2. The molecule has 1 aliphatic rings. The zero-order valence-corrected chi connectivity index (χ0v) is 15.5. The van der Waals surface area contributed by atoms with Crippen LogP contribution in [-0.2, 0) is 21.4 Å². The molecule has 1 aliphatic heterocycles. The van der Waals surface area contributed by atoms with Crippen LogP contribution in [0.15, 0.2) is 65.7 Å². The smallest absolute Gasteiger partial charge is 0.277 e. The average molecular weight is 370 g/mol. The minimum absolute atomic E-state index is 0.108. The van der Waals surface area contributed by atoms with E-state index in [0.29, 0.717) is 12.0 Å². The molecule has 0 radical (unpaired) electrons. The van der Waals surface area contributed by atoms with Gasteiger partial charge in [-0.25, -0.2) is 12.7 Å². The van der Waals surface area contributed by atoms with Gasteiger partial charge in [-0.2, -0.15) is 0 Å². The molecule has 0 aromatic heterocycles. The van der Waals surface area contributed by atoms with E-state index in [1.165, 1.54) is 0 Å². The van der Waals surface area contributed by atoms with Crippen molar-refractivity contribution in [3.8, 4) is 0 Å². The summed E-state index contributed by atoms with van der Waals surface area (Å²) in [6.07, 6.45) is 1.45. The van der Waals surface area contributed by atoms with E-state index in [-0.39, 0.29) is 18.8 Å². The van der Waals surface area contributed by atoms with Crippen LogP contribution in [0.5, 0.6) is 0 Å². The second-order valence-corrected chi connectivity index (χ2v) is 8.20. The number of hydrogen-bond donors (Lipinski definition) is 0. The van der Waals surface area contributed by atoms with Crippen LogP contribution in [0.2, 0.25) is 0 Å². The third kappa shape index (κ3) is 3.55. The lowest BCUT2D eigenvalue weighted by Gasteiger charge is -2.15. The molecule has 1 fully saturated rings. The Bertz CT molecular complexity index is 893. The third-order valence-electron chi connectivity index (χ3n) is 4.39. The van der Waals surface area contributed by atoms with Crippen molar-refractivity contribution in [1.29, 1.82) is 0 Å². The highest BCUT2D eigenvalue weighted by Gasteiger charge is 2.50. The number of unbranched alkanes of at least 4 members (excludes halogenated alkanes) is 1. The summed E-state index contributed by atoms with van der Waals surface area (Å²) in [5.74, 6) is -0.497. The van der Waals surface area contributed by atoms with Gasteiger partial charge in [-0.05, 0) is 17.5 Å². The van der Waals surface area contributed by atoms with Gasteiger partial charge in [0.1, 0.15) is 5.71 Å². The van der Waals surface area contributed by atoms with Crippen molar-refractivity contribution < 1.29 is 13.2 Å².